The molecular weight excluding hydrogens is 510 g/mol. The van der Waals surface area contributed by atoms with Gasteiger partial charge < -0.3 is 25.5 Å². The van der Waals surface area contributed by atoms with Crippen LogP contribution in [0.25, 0.3) is 0 Å². The Morgan fingerprint density at radius 2 is 1.77 bits per heavy atom. The van der Waals surface area contributed by atoms with E-state index < -0.39 is 42.1 Å². The van der Waals surface area contributed by atoms with Gasteiger partial charge in [0.15, 0.2) is 0 Å². The van der Waals surface area contributed by atoms with Gasteiger partial charge in [0.25, 0.3) is 0 Å². The molecule has 1 heterocycles. The minimum atomic E-state index is -1.28. The van der Waals surface area contributed by atoms with E-state index >= 15 is 0 Å². The molecule has 202 valence electrons. The lowest BCUT2D eigenvalue weighted by Gasteiger charge is -2.32. The fourth-order valence-corrected chi connectivity index (χ4v) is 4.59. The number of amides is 4. The number of hydrogen-bond donors (Lipinski definition) is 3. The largest absolute Gasteiger partial charge is 0.481 e. The summed E-state index contributed by atoms with van der Waals surface area (Å²) in [6.45, 7) is 0.349. The number of anilines is 2. The van der Waals surface area contributed by atoms with E-state index in [1.165, 1.54) is 4.90 Å². The van der Waals surface area contributed by atoms with Crippen molar-refractivity contribution < 1.29 is 33.1 Å². The van der Waals surface area contributed by atoms with Gasteiger partial charge in [-0.25, -0.2) is 13.6 Å². The van der Waals surface area contributed by atoms with Crippen molar-refractivity contribution in [2.45, 2.75) is 31.5 Å². The van der Waals surface area contributed by atoms with Gasteiger partial charge in [0, 0.05) is 37.0 Å². The molecule has 0 aromatic heterocycles. The fraction of sp³-hybridized carbons (Fsp3) is 0.214. The Balaban J connectivity index is 1.48. The van der Waals surface area contributed by atoms with Gasteiger partial charge in [-0.05, 0) is 41.5 Å². The van der Waals surface area contributed by atoms with Gasteiger partial charge in [-0.1, -0.05) is 36.4 Å². The van der Waals surface area contributed by atoms with E-state index in [4.69, 9.17) is 0 Å². The second kappa shape index (κ2) is 12.2. The van der Waals surface area contributed by atoms with Gasteiger partial charge in [-0.15, -0.1) is 0 Å². The molecule has 4 amide bonds. The molecule has 3 aromatic carbocycles. The predicted molar refractivity (Wildman–Crippen MR) is 139 cm³/mol. The number of hydrogen-bond acceptors (Lipinski definition) is 4. The van der Waals surface area contributed by atoms with E-state index in [0.29, 0.717) is 30.4 Å². The molecule has 0 radical (unpaired) electrons. The van der Waals surface area contributed by atoms with Gasteiger partial charge in [0.05, 0.1) is 18.5 Å². The second-order valence-corrected chi connectivity index (χ2v) is 9.07. The lowest BCUT2D eigenvalue weighted by molar-refractivity contribution is -0.139. The molecule has 0 bridgehead atoms. The van der Waals surface area contributed by atoms with Crippen molar-refractivity contribution in [2.24, 2.45) is 0 Å². The third kappa shape index (κ3) is 6.95. The zero-order chi connectivity index (χ0) is 27.9. The van der Waals surface area contributed by atoms with E-state index in [2.05, 4.69) is 10.6 Å². The van der Waals surface area contributed by atoms with Crippen LogP contribution in [0.1, 0.15) is 30.0 Å². The Labute approximate surface area is 223 Å². The summed E-state index contributed by atoms with van der Waals surface area (Å²) in [5, 5.41) is 14.9. The lowest BCUT2D eigenvalue weighted by Crippen LogP contribution is -2.40. The lowest BCUT2D eigenvalue weighted by atomic mass is 10.00. The SMILES string of the molecule is O=CN(C1CC(=O)N(c2cccc(NC(=O)NCc3ccccc3)c2)C1)C(CC(=O)O)c1cc(F)cc(F)c1. The standard InChI is InChI=1S/C28H26F2N4O5/c29-20-9-19(10-21(30)11-20)25(14-27(37)38)34(17-35)24-13-26(36)33(16-24)23-8-4-7-22(12-23)32-28(39)31-15-18-5-2-1-3-6-18/h1-12,17,24-25H,13-16H2,(H,37,38)(H2,31,32,39). The zero-order valence-electron chi connectivity index (χ0n) is 20.7. The minimum Gasteiger partial charge on any atom is -0.481 e. The molecule has 1 aliphatic heterocycles. The van der Waals surface area contributed by atoms with Crippen LogP contribution < -0.4 is 15.5 Å². The molecule has 0 spiro atoms. The Morgan fingerprint density at radius 1 is 1.05 bits per heavy atom. The highest BCUT2D eigenvalue weighted by molar-refractivity contribution is 5.97. The third-order valence-corrected chi connectivity index (χ3v) is 6.36. The summed E-state index contributed by atoms with van der Waals surface area (Å²) >= 11 is 0. The topological polar surface area (TPSA) is 119 Å². The van der Waals surface area contributed by atoms with Crippen molar-refractivity contribution in [3.05, 3.63) is 95.6 Å². The van der Waals surface area contributed by atoms with Gasteiger partial charge in [-0.2, -0.15) is 0 Å². The Bertz CT molecular complexity index is 1350. The van der Waals surface area contributed by atoms with E-state index in [9.17, 15) is 33.1 Å². The number of rotatable bonds is 10. The van der Waals surface area contributed by atoms with Crippen molar-refractivity contribution in [3.8, 4) is 0 Å². The maximum absolute atomic E-state index is 13.9. The molecule has 2 atom stereocenters. The van der Waals surface area contributed by atoms with E-state index in [1.54, 1.807) is 24.3 Å². The van der Waals surface area contributed by atoms with Crippen LogP contribution in [0.15, 0.2) is 72.8 Å². The summed E-state index contributed by atoms with van der Waals surface area (Å²) in [6.07, 6.45) is -0.335. The van der Waals surface area contributed by atoms with E-state index in [-0.39, 0.29) is 24.4 Å². The number of benzene rings is 3. The molecule has 1 saturated heterocycles. The molecule has 39 heavy (non-hydrogen) atoms. The molecule has 1 aliphatic rings. The highest BCUT2D eigenvalue weighted by Crippen LogP contribution is 2.32. The van der Waals surface area contributed by atoms with Crippen LogP contribution >= 0.6 is 0 Å². The van der Waals surface area contributed by atoms with Crippen LogP contribution in [-0.2, 0) is 20.9 Å². The smallest absolute Gasteiger partial charge is 0.319 e. The van der Waals surface area contributed by atoms with Crippen LogP contribution in [0.3, 0.4) is 0 Å². The van der Waals surface area contributed by atoms with Crippen molar-refractivity contribution in [3.63, 3.8) is 0 Å². The molecule has 4 rings (SSSR count). The highest BCUT2D eigenvalue weighted by atomic mass is 19.1. The van der Waals surface area contributed by atoms with Gasteiger partial charge in [0.1, 0.15) is 11.6 Å². The Kier molecular flexibility index (Phi) is 8.50. The van der Waals surface area contributed by atoms with Crippen LogP contribution in [0.5, 0.6) is 0 Å². The quantitative estimate of drug-likeness (QED) is 0.338. The number of nitrogens with zero attached hydrogens (tertiary/aromatic N) is 2. The van der Waals surface area contributed by atoms with Crippen molar-refractivity contribution in [2.75, 3.05) is 16.8 Å². The molecule has 0 aliphatic carbocycles. The fourth-order valence-electron chi connectivity index (χ4n) is 4.59. The first-order valence-electron chi connectivity index (χ1n) is 12.1. The molecular formula is C28H26F2N4O5. The highest BCUT2D eigenvalue weighted by Gasteiger charge is 2.38. The number of aliphatic carboxylic acids is 1. The van der Waals surface area contributed by atoms with Gasteiger partial charge >= 0.3 is 12.0 Å². The zero-order valence-corrected chi connectivity index (χ0v) is 20.7. The number of carboxylic acids is 1. The number of carboxylic acid groups (broad SMARTS) is 1. The number of urea groups is 1. The monoisotopic (exact) mass is 536 g/mol. The number of halogens is 2. The summed E-state index contributed by atoms with van der Waals surface area (Å²) in [7, 11) is 0. The maximum atomic E-state index is 13.9. The summed E-state index contributed by atoms with van der Waals surface area (Å²) in [5.74, 6) is -3.43. The number of carbonyl (C=O) groups excluding carboxylic acids is 3. The molecule has 11 heteroatoms. The second-order valence-electron chi connectivity index (χ2n) is 9.07. The average molecular weight is 537 g/mol. The average Bonchev–Trinajstić information content (AvgIpc) is 3.28. The first kappa shape index (κ1) is 27.2. The third-order valence-electron chi connectivity index (χ3n) is 6.36. The maximum Gasteiger partial charge on any atom is 0.319 e. The van der Waals surface area contributed by atoms with Crippen molar-refractivity contribution in [1.82, 2.24) is 10.2 Å². The van der Waals surface area contributed by atoms with Crippen LogP contribution in [0, 0.1) is 11.6 Å². The Morgan fingerprint density at radius 3 is 2.44 bits per heavy atom. The van der Waals surface area contributed by atoms with Crippen LogP contribution in [0.4, 0.5) is 25.0 Å². The first-order chi connectivity index (χ1) is 18.7. The molecule has 3 N–H and O–H groups in total. The number of nitrogens with one attached hydrogen (secondary N) is 2. The minimum absolute atomic E-state index is 0.0230. The summed E-state index contributed by atoms with van der Waals surface area (Å²) < 4.78 is 27.8. The molecule has 0 saturated carbocycles. The van der Waals surface area contributed by atoms with Crippen molar-refractivity contribution in [1.29, 1.82) is 0 Å². The predicted octanol–water partition coefficient (Wildman–Crippen LogP) is 4.07. The molecule has 9 nitrogen and oxygen atoms in total. The van der Waals surface area contributed by atoms with Crippen LogP contribution in [0.2, 0.25) is 0 Å². The van der Waals surface area contributed by atoms with E-state index in [1.807, 2.05) is 30.3 Å². The van der Waals surface area contributed by atoms with Crippen LogP contribution in [-0.4, -0.2) is 46.9 Å². The summed E-state index contributed by atoms with van der Waals surface area (Å²) in [6, 6.07) is 16.2. The summed E-state index contributed by atoms with van der Waals surface area (Å²) in [5.41, 5.74) is 1.79. The Hall–Kier alpha value is -4.80. The number of carbonyl (C=O) groups is 4. The molecule has 1 fully saturated rings. The molecule has 3 aromatic rings. The van der Waals surface area contributed by atoms with Gasteiger partial charge in [0.2, 0.25) is 12.3 Å². The van der Waals surface area contributed by atoms with E-state index in [0.717, 1.165) is 22.6 Å². The summed E-state index contributed by atoms with van der Waals surface area (Å²) in [4.78, 5) is 51.5. The van der Waals surface area contributed by atoms with Gasteiger partial charge in [-0.3, -0.25) is 14.4 Å². The normalized spacial score (nSPS) is 15.5. The first-order valence-corrected chi connectivity index (χ1v) is 12.1. The van der Waals surface area contributed by atoms with Crippen molar-refractivity contribution >= 4 is 35.7 Å². The molecule has 2 unspecified atom stereocenters.